The quantitative estimate of drug-likeness (QED) is 0.576. The van der Waals surface area contributed by atoms with Crippen LogP contribution in [-0.2, 0) is 16.6 Å². The summed E-state index contributed by atoms with van der Waals surface area (Å²) in [5.74, 6) is 1.15. The zero-order valence-electron chi connectivity index (χ0n) is 16.6. The number of hydrogen-bond acceptors (Lipinski definition) is 5. The Morgan fingerprint density at radius 1 is 0.933 bits per heavy atom. The Morgan fingerprint density at radius 3 is 2.37 bits per heavy atom. The molecule has 3 rings (SSSR count). The van der Waals surface area contributed by atoms with Gasteiger partial charge in [0, 0.05) is 13.6 Å². The second kappa shape index (κ2) is 9.43. The molecule has 0 radical (unpaired) electrons. The third kappa shape index (κ3) is 5.16. The molecule has 1 amide bonds. The number of sulfonamides is 1. The molecule has 2 N–H and O–H groups in total. The van der Waals surface area contributed by atoms with Crippen molar-refractivity contribution < 1.29 is 22.7 Å². The average Bonchev–Trinajstić information content (AvgIpc) is 2.77. The van der Waals surface area contributed by atoms with Crippen LogP contribution in [0.5, 0.6) is 17.2 Å². The number of para-hydroxylation sites is 1. The van der Waals surface area contributed by atoms with Crippen molar-refractivity contribution in [1.29, 1.82) is 0 Å². The lowest BCUT2D eigenvalue weighted by Gasteiger charge is -2.12. The minimum Gasteiger partial charge on any atom is -0.496 e. The van der Waals surface area contributed by atoms with E-state index in [4.69, 9.17) is 9.47 Å². The number of nitrogens with one attached hydrogen (secondary N) is 2. The zero-order valence-corrected chi connectivity index (χ0v) is 17.4. The van der Waals surface area contributed by atoms with Crippen LogP contribution < -0.4 is 19.5 Å². The summed E-state index contributed by atoms with van der Waals surface area (Å²) in [5, 5.41) is 2.47. The van der Waals surface area contributed by atoms with Crippen molar-refractivity contribution in [3.8, 4) is 17.2 Å². The summed E-state index contributed by atoms with van der Waals surface area (Å²) in [6.45, 7) is 0.0651. The van der Waals surface area contributed by atoms with Gasteiger partial charge in [-0.1, -0.05) is 30.3 Å². The molecule has 0 aliphatic carbocycles. The molecule has 0 aliphatic heterocycles. The predicted octanol–water partition coefficient (Wildman–Crippen LogP) is 3.33. The highest BCUT2D eigenvalue weighted by Crippen LogP contribution is 2.24. The van der Waals surface area contributed by atoms with Crippen LogP contribution in [0.25, 0.3) is 0 Å². The normalized spacial score (nSPS) is 11.0. The fourth-order valence-electron chi connectivity index (χ4n) is 2.77. The topological polar surface area (TPSA) is 93.7 Å². The Labute approximate surface area is 175 Å². The number of carbonyl (C=O) groups is 1. The lowest BCUT2D eigenvalue weighted by Crippen LogP contribution is -2.24. The van der Waals surface area contributed by atoms with Gasteiger partial charge in [-0.2, -0.15) is 0 Å². The van der Waals surface area contributed by atoms with Gasteiger partial charge in [-0.25, -0.2) is 13.1 Å². The Kier molecular flexibility index (Phi) is 6.71. The van der Waals surface area contributed by atoms with Crippen molar-refractivity contribution >= 4 is 15.9 Å². The number of hydrogen-bond donors (Lipinski definition) is 2. The first-order chi connectivity index (χ1) is 14.4. The predicted molar refractivity (Wildman–Crippen MR) is 113 cm³/mol. The van der Waals surface area contributed by atoms with Gasteiger partial charge < -0.3 is 14.8 Å². The van der Waals surface area contributed by atoms with E-state index in [0.717, 1.165) is 5.56 Å². The van der Waals surface area contributed by atoms with Gasteiger partial charge in [0.15, 0.2) is 0 Å². The molecule has 0 bridgehead atoms. The van der Waals surface area contributed by atoms with E-state index in [1.165, 1.54) is 32.4 Å². The van der Waals surface area contributed by atoms with Crippen LogP contribution in [0.3, 0.4) is 0 Å². The lowest BCUT2D eigenvalue weighted by molar-refractivity contribution is 0.0960. The zero-order chi connectivity index (χ0) is 21.6. The lowest BCUT2D eigenvalue weighted by atomic mass is 10.2. The second-order valence-electron chi connectivity index (χ2n) is 6.33. The van der Waals surface area contributed by atoms with E-state index < -0.39 is 15.9 Å². The second-order valence-corrected chi connectivity index (χ2v) is 8.10. The van der Waals surface area contributed by atoms with Crippen LogP contribution >= 0.6 is 0 Å². The van der Waals surface area contributed by atoms with Gasteiger partial charge in [0.05, 0.1) is 17.6 Å². The number of ether oxygens (including phenoxy) is 2. The molecule has 0 fully saturated rings. The molecule has 0 saturated heterocycles. The van der Waals surface area contributed by atoms with Crippen molar-refractivity contribution in [2.24, 2.45) is 0 Å². The molecule has 0 aromatic heterocycles. The summed E-state index contributed by atoms with van der Waals surface area (Å²) in [6.07, 6.45) is 0. The number of benzene rings is 3. The number of amides is 1. The Hall–Kier alpha value is -3.36. The van der Waals surface area contributed by atoms with Crippen molar-refractivity contribution in [2.75, 3.05) is 14.2 Å². The molecule has 0 heterocycles. The summed E-state index contributed by atoms with van der Waals surface area (Å²) in [4.78, 5) is 12.0. The van der Waals surface area contributed by atoms with E-state index in [9.17, 15) is 13.2 Å². The van der Waals surface area contributed by atoms with Gasteiger partial charge in [0.1, 0.15) is 17.2 Å². The van der Waals surface area contributed by atoms with E-state index in [-0.39, 0.29) is 17.0 Å². The molecular formula is C22H22N2O5S. The first kappa shape index (κ1) is 21.4. The molecule has 3 aromatic rings. The average molecular weight is 426 g/mol. The fraction of sp³-hybridized carbons (Fsp3) is 0.136. The third-order valence-electron chi connectivity index (χ3n) is 4.30. The number of rotatable bonds is 8. The highest BCUT2D eigenvalue weighted by Gasteiger charge is 2.19. The first-order valence-corrected chi connectivity index (χ1v) is 10.6. The van der Waals surface area contributed by atoms with Crippen LogP contribution in [0.2, 0.25) is 0 Å². The van der Waals surface area contributed by atoms with Crippen LogP contribution in [0.4, 0.5) is 0 Å². The van der Waals surface area contributed by atoms with Crippen LogP contribution in [0.15, 0.2) is 77.7 Å². The maximum atomic E-state index is 12.7. The minimum atomic E-state index is -3.85. The molecular weight excluding hydrogens is 404 g/mol. The standard InChI is InChI=1S/C22H22N2O5S/c1-23-22(25)20-14-19(11-12-21(20)28-2)30(26,27)24-15-16-7-6-10-18(13-16)29-17-8-4-3-5-9-17/h3-14,24H,15H2,1-2H3,(H,23,25). The van der Waals surface area contributed by atoms with E-state index in [0.29, 0.717) is 17.2 Å². The Morgan fingerprint density at radius 2 is 1.67 bits per heavy atom. The maximum absolute atomic E-state index is 12.7. The summed E-state index contributed by atoms with van der Waals surface area (Å²) >= 11 is 0. The van der Waals surface area contributed by atoms with Crippen molar-refractivity contribution in [3.63, 3.8) is 0 Å². The van der Waals surface area contributed by atoms with Crippen LogP contribution in [0, 0.1) is 0 Å². The summed E-state index contributed by atoms with van der Waals surface area (Å²) < 4.78 is 38.9. The SMILES string of the molecule is CNC(=O)c1cc(S(=O)(=O)NCc2cccc(Oc3ccccc3)c2)ccc1OC. The minimum absolute atomic E-state index is 0.0291. The van der Waals surface area contributed by atoms with Crippen LogP contribution in [0.1, 0.15) is 15.9 Å². The molecule has 30 heavy (non-hydrogen) atoms. The number of methoxy groups -OCH3 is 1. The van der Waals surface area contributed by atoms with Crippen molar-refractivity contribution in [1.82, 2.24) is 10.0 Å². The van der Waals surface area contributed by atoms with Gasteiger partial charge in [0.25, 0.3) is 5.91 Å². The molecule has 8 heteroatoms. The molecule has 0 unspecified atom stereocenters. The summed E-state index contributed by atoms with van der Waals surface area (Å²) in [5.41, 5.74) is 0.869. The van der Waals surface area contributed by atoms with Crippen molar-refractivity contribution in [3.05, 3.63) is 83.9 Å². The molecule has 156 valence electrons. The van der Waals surface area contributed by atoms with Gasteiger partial charge in [-0.15, -0.1) is 0 Å². The Balaban J connectivity index is 1.75. The molecule has 0 aliphatic rings. The Bertz CT molecular complexity index is 1130. The molecule has 0 saturated carbocycles. The van der Waals surface area contributed by atoms with Gasteiger partial charge in [-0.05, 0) is 48.0 Å². The smallest absolute Gasteiger partial charge is 0.254 e. The largest absolute Gasteiger partial charge is 0.496 e. The van der Waals surface area contributed by atoms with Crippen LogP contribution in [-0.4, -0.2) is 28.5 Å². The highest BCUT2D eigenvalue weighted by molar-refractivity contribution is 7.89. The summed E-state index contributed by atoms with van der Waals surface area (Å²) in [7, 11) is -0.966. The molecule has 0 spiro atoms. The number of carbonyl (C=O) groups excluding carboxylic acids is 1. The molecule has 7 nitrogen and oxygen atoms in total. The summed E-state index contributed by atoms with van der Waals surface area (Å²) in [6, 6.07) is 20.6. The van der Waals surface area contributed by atoms with Gasteiger partial charge in [0.2, 0.25) is 10.0 Å². The fourth-order valence-corrected chi connectivity index (χ4v) is 3.82. The van der Waals surface area contributed by atoms with E-state index in [1.807, 2.05) is 30.3 Å². The molecule has 3 aromatic carbocycles. The van der Waals surface area contributed by atoms with Gasteiger partial charge >= 0.3 is 0 Å². The maximum Gasteiger partial charge on any atom is 0.254 e. The monoisotopic (exact) mass is 426 g/mol. The van der Waals surface area contributed by atoms with E-state index in [1.54, 1.807) is 24.3 Å². The van der Waals surface area contributed by atoms with E-state index >= 15 is 0 Å². The third-order valence-corrected chi connectivity index (χ3v) is 5.70. The highest BCUT2D eigenvalue weighted by atomic mass is 32.2. The molecule has 0 atom stereocenters. The van der Waals surface area contributed by atoms with Crippen molar-refractivity contribution in [2.45, 2.75) is 11.4 Å². The van der Waals surface area contributed by atoms with Gasteiger partial charge in [-0.3, -0.25) is 4.79 Å². The van der Waals surface area contributed by atoms with E-state index in [2.05, 4.69) is 10.0 Å². The first-order valence-electron chi connectivity index (χ1n) is 9.14.